The Kier molecular flexibility index (Phi) is 6.64. The summed E-state index contributed by atoms with van der Waals surface area (Å²) in [7, 11) is 1.52. The molecule has 1 fully saturated rings. The number of nitrogens with zero attached hydrogens (tertiary/aromatic N) is 4. The fourth-order valence-electron chi connectivity index (χ4n) is 5.87. The van der Waals surface area contributed by atoms with E-state index < -0.39 is 0 Å². The van der Waals surface area contributed by atoms with Crippen LogP contribution in [0, 0.1) is 11.7 Å². The molecule has 1 aliphatic rings. The zero-order valence-corrected chi connectivity index (χ0v) is 22.7. The quantitative estimate of drug-likeness (QED) is 0.197. The number of hydrogen-bond donors (Lipinski definition) is 3. The van der Waals surface area contributed by atoms with Gasteiger partial charge in [0, 0.05) is 58.6 Å². The molecule has 8 nitrogen and oxygen atoms in total. The van der Waals surface area contributed by atoms with Crippen molar-refractivity contribution in [2.45, 2.75) is 32.2 Å². The normalized spacial score (nSPS) is 13.9. The molecule has 9 heteroatoms. The molecular formula is C32H30FN7O. The zero-order valence-electron chi connectivity index (χ0n) is 22.7. The van der Waals surface area contributed by atoms with Crippen molar-refractivity contribution in [2.24, 2.45) is 5.92 Å². The fourth-order valence-corrected chi connectivity index (χ4v) is 5.87. The Hall–Kier alpha value is -4.63. The van der Waals surface area contributed by atoms with E-state index in [1.54, 1.807) is 18.5 Å². The van der Waals surface area contributed by atoms with Gasteiger partial charge in [0.25, 0.3) is 0 Å². The number of fused-ring (bicyclic) bond motifs is 2. The lowest BCUT2D eigenvalue weighted by molar-refractivity contribution is 0.411. The summed E-state index contributed by atoms with van der Waals surface area (Å²) in [6.45, 7) is 1.85. The average molecular weight is 548 g/mol. The minimum atomic E-state index is -0.379. The van der Waals surface area contributed by atoms with Gasteiger partial charge >= 0.3 is 0 Å². The van der Waals surface area contributed by atoms with Crippen molar-refractivity contribution in [1.82, 2.24) is 35.5 Å². The Bertz CT molecular complexity index is 1850. The number of aromatic nitrogens is 6. The van der Waals surface area contributed by atoms with Crippen LogP contribution in [0.4, 0.5) is 4.39 Å². The SMILES string of the molecule is COc1cc(F)cc(-c2nccc3[nH]c(-c4n[nH]c5cnc(-c6cncc(CNCC7CCCC7)c6)cc45)cc23)c1. The number of nitrogens with one attached hydrogen (secondary N) is 3. The van der Waals surface area contributed by atoms with Crippen molar-refractivity contribution in [3.05, 3.63) is 78.6 Å². The predicted octanol–water partition coefficient (Wildman–Crippen LogP) is 6.66. The van der Waals surface area contributed by atoms with Crippen LogP contribution in [-0.4, -0.2) is 43.8 Å². The molecule has 0 bridgehead atoms. The smallest absolute Gasteiger partial charge is 0.127 e. The third-order valence-electron chi connectivity index (χ3n) is 7.96. The fraction of sp³-hybridized carbons (Fsp3) is 0.250. The van der Waals surface area contributed by atoms with E-state index in [1.807, 2.05) is 30.6 Å². The Morgan fingerprint density at radius 1 is 0.927 bits per heavy atom. The molecule has 0 amide bonds. The molecule has 1 aromatic carbocycles. The number of hydrogen-bond acceptors (Lipinski definition) is 6. The maximum absolute atomic E-state index is 14.3. The monoisotopic (exact) mass is 547 g/mol. The lowest BCUT2D eigenvalue weighted by atomic mass is 10.1. The van der Waals surface area contributed by atoms with Crippen molar-refractivity contribution in [2.75, 3.05) is 13.7 Å². The highest BCUT2D eigenvalue weighted by atomic mass is 19.1. The minimum absolute atomic E-state index is 0.379. The number of aromatic amines is 2. The van der Waals surface area contributed by atoms with Gasteiger partial charge in [-0.05, 0) is 67.3 Å². The lowest BCUT2D eigenvalue weighted by Crippen LogP contribution is -2.20. The first-order chi connectivity index (χ1) is 20.1. The van der Waals surface area contributed by atoms with Crippen LogP contribution in [-0.2, 0) is 6.54 Å². The molecule has 5 heterocycles. The number of benzene rings is 1. The van der Waals surface area contributed by atoms with Crippen molar-refractivity contribution < 1.29 is 9.13 Å². The first kappa shape index (κ1) is 25.3. The van der Waals surface area contributed by atoms with E-state index in [1.165, 1.54) is 44.9 Å². The highest BCUT2D eigenvalue weighted by Crippen LogP contribution is 2.35. The lowest BCUT2D eigenvalue weighted by Gasteiger charge is -2.11. The molecule has 1 aliphatic carbocycles. The van der Waals surface area contributed by atoms with Crippen molar-refractivity contribution in [1.29, 1.82) is 0 Å². The second-order valence-electron chi connectivity index (χ2n) is 10.7. The van der Waals surface area contributed by atoms with Gasteiger partial charge in [0.05, 0.1) is 35.9 Å². The van der Waals surface area contributed by atoms with Crippen LogP contribution in [0.2, 0.25) is 0 Å². The number of rotatable bonds is 8. The molecule has 0 saturated heterocycles. The summed E-state index contributed by atoms with van der Waals surface area (Å²) in [5, 5.41) is 13.1. The summed E-state index contributed by atoms with van der Waals surface area (Å²) in [6.07, 6.45) is 12.6. The molecule has 41 heavy (non-hydrogen) atoms. The van der Waals surface area contributed by atoms with Crippen LogP contribution in [0.15, 0.2) is 67.3 Å². The molecule has 0 unspecified atom stereocenters. The molecular weight excluding hydrogens is 517 g/mol. The number of pyridine rings is 3. The standard InChI is InChI=1S/C32H30FN7O/c1-41-24-10-21(9-23(33)11-24)31-25-13-29(38-27(25)6-7-36-31)32-26-12-28(37-18-30(26)39-40-32)22-8-20(16-35-17-22)15-34-14-19-4-2-3-5-19/h6-13,16-19,34,38H,2-5,14-15H2,1H3,(H,39,40). The molecule has 0 atom stereocenters. The summed E-state index contributed by atoms with van der Waals surface area (Å²) < 4.78 is 19.6. The van der Waals surface area contributed by atoms with Gasteiger partial charge in [0.15, 0.2) is 0 Å². The molecule has 7 rings (SSSR count). The van der Waals surface area contributed by atoms with Crippen LogP contribution in [0.3, 0.4) is 0 Å². The van der Waals surface area contributed by atoms with Crippen LogP contribution in [0.25, 0.3) is 55.7 Å². The van der Waals surface area contributed by atoms with Crippen molar-refractivity contribution >= 4 is 21.8 Å². The highest BCUT2D eigenvalue weighted by molar-refractivity contribution is 6.00. The molecule has 0 spiro atoms. The number of methoxy groups -OCH3 is 1. The van der Waals surface area contributed by atoms with Gasteiger partial charge in [0.2, 0.25) is 0 Å². The van der Waals surface area contributed by atoms with Crippen LogP contribution < -0.4 is 10.1 Å². The van der Waals surface area contributed by atoms with Crippen LogP contribution >= 0.6 is 0 Å². The van der Waals surface area contributed by atoms with E-state index in [9.17, 15) is 4.39 Å². The minimum Gasteiger partial charge on any atom is -0.497 e. The summed E-state index contributed by atoms with van der Waals surface area (Å²) in [6, 6.07) is 12.7. The topological polar surface area (TPSA) is 104 Å². The Morgan fingerprint density at radius 2 is 1.80 bits per heavy atom. The summed E-state index contributed by atoms with van der Waals surface area (Å²) in [5.41, 5.74) is 7.53. The first-order valence-corrected chi connectivity index (χ1v) is 14.0. The van der Waals surface area contributed by atoms with Crippen LogP contribution in [0.5, 0.6) is 5.75 Å². The average Bonchev–Trinajstić information content (AvgIpc) is 3.76. The summed E-state index contributed by atoms with van der Waals surface area (Å²) in [4.78, 5) is 17.2. The maximum atomic E-state index is 14.3. The second-order valence-corrected chi connectivity index (χ2v) is 10.7. The van der Waals surface area contributed by atoms with Gasteiger partial charge in [-0.3, -0.25) is 20.1 Å². The van der Waals surface area contributed by atoms with Gasteiger partial charge in [0.1, 0.15) is 17.3 Å². The molecule has 206 valence electrons. The largest absolute Gasteiger partial charge is 0.497 e. The van der Waals surface area contributed by atoms with Gasteiger partial charge in [-0.25, -0.2) is 4.39 Å². The summed E-state index contributed by atoms with van der Waals surface area (Å²) in [5.74, 6) is 0.856. The number of ether oxygens (including phenoxy) is 1. The number of halogens is 1. The van der Waals surface area contributed by atoms with Gasteiger partial charge < -0.3 is 15.0 Å². The Balaban J connectivity index is 1.21. The van der Waals surface area contributed by atoms with E-state index >= 15 is 0 Å². The molecule has 0 radical (unpaired) electrons. The number of H-pyrrole nitrogens is 2. The Labute approximate surface area is 236 Å². The van der Waals surface area contributed by atoms with Crippen molar-refractivity contribution in [3.8, 4) is 39.7 Å². The highest BCUT2D eigenvalue weighted by Gasteiger charge is 2.17. The molecule has 5 aromatic heterocycles. The maximum Gasteiger partial charge on any atom is 0.127 e. The van der Waals surface area contributed by atoms with E-state index in [4.69, 9.17) is 9.72 Å². The van der Waals surface area contributed by atoms with Gasteiger partial charge in [-0.1, -0.05) is 12.8 Å². The van der Waals surface area contributed by atoms with Crippen LogP contribution in [0.1, 0.15) is 31.2 Å². The van der Waals surface area contributed by atoms with E-state index in [0.717, 1.165) is 69.0 Å². The molecule has 1 saturated carbocycles. The second kappa shape index (κ2) is 10.7. The van der Waals surface area contributed by atoms with Gasteiger partial charge in [-0.15, -0.1) is 0 Å². The predicted molar refractivity (Wildman–Crippen MR) is 158 cm³/mol. The Morgan fingerprint density at radius 3 is 2.68 bits per heavy atom. The van der Waals surface area contributed by atoms with E-state index in [-0.39, 0.29) is 5.82 Å². The van der Waals surface area contributed by atoms with Gasteiger partial charge in [-0.2, -0.15) is 5.10 Å². The zero-order chi connectivity index (χ0) is 27.8. The third kappa shape index (κ3) is 5.04. The van der Waals surface area contributed by atoms with Crippen molar-refractivity contribution in [3.63, 3.8) is 0 Å². The molecule has 6 aromatic rings. The summed E-state index contributed by atoms with van der Waals surface area (Å²) >= 11 is 0. The molecule has 0 aliphatic heterocycles. The molecule has 3 N–H and O–H groups in total. The third-order valence-corrected chi connectivity index (χ3v) is 7.96. The van der Waals surface area contributed by atoms with E-state index in [2.05, 4.69) is 36.5 Å². The van der Waals surface area contributed by atoms with E-state index in [0.29, 0.717) is 17.0 Å². The first-order valence-electron chi connectivity index (χ1n) is 14.0.